The van der Waals surface area contributed by atoms with Crippen LogP contribution in [0.25, 0.3) is 10.8 Å². The minimum atomic E-state index is -1.65. The van der Waals surface area contributed by atoms with Gasteiger partial charge in [0.2, 0.25) is 11.7 Å². The molecule has 0 saturated carbocycles. The number of rotatable bonds is 9. The van der Waals surface area contributed by atoms with E-state index in [9.17, 15) is 19.2 Å². The van der Waals surface area contributed by atoms with Crippen molar-refractivity contribution in [3.05, 3.63) is 77.9 Å². The number of aliphatic carboxylic acids is 1. The van der Waals surface area contributed by atoms with Crippen LogP contribution in [-0.4, -0.2) is 46.7 Å². The van der Waals surface area contributed by atoms with Gasteiger partial charge in [0, 0.05) is 24.3 Å². The lowest BCUT2D eigenvalue weighted by Crippen LogP contribution is -2.34. The number of hydrogen-bond acceptors (Lipinski definition) is 4. The van der Waals surface area contributed by atoms with E-state index in [2.05, 4.69) is 0 Å². The molecule has 7 nitrogen and oxygen atoms in total. The molecule has 0 radical (unpaired) electrons. The zero-order chi connectivity index (χ0) is 24.0. The van der Waals surface area contributed by atoms with Gasteiger partial charge in [-0.2, -0.15) is 0 Å². The van der Waals surface area contributed by atoms with Gasteiger partial charge in [0.15, 0.2) is 0 Å². The van der Waals surface area contributed by atoms with Gasteiger partial charge in [0.1, 0.15) is 0 Å². The van der Waals surface area contributed by atoms with Crippen LogP contribution in [0, 0.1) is 0 Å². The molecule has 3 rings (SSSR count). The van der Waals surface area contributed by atoms with Crippen molar-refractivity contribution >= 4 is 40.0 Å². The topological polar surface area (TPSA) is 95.0 Å². The summed E-state index contributed by atoms with van der Waals surface area (Å²) in [6.45, 7) is 4.99. The van der Waals surface area contributed by atoms with Gasteiger partial charge in [-0.1, -0.05) is 42.5 Å². The van der Waals surface area contributed by atoms with E-state index in [-0.39, 0.29) is 12.5 Å². The second-order valence-corrected chi connectivity index (χ2v) is 7.59. The van der Waals surface area contributed by atoms with Crippen molar-refractivity contribution in [3.63, 3.8) is 0 Å². The average molecular weight is 447 g/mol. The third kappa shape index (κ3) is 5.63. The number of nitrogens with zero attached hydrogens (tertiary/aromatic N) is 2. The van der Waals surface area contributed by atoms with Gasteiger partial charge in [-0.05, 0) is 54.4 Å². The minimum absolute atomic E-state index is 0.124. The first kappa shape index (κ1) is 23.7. The van der Waals surface area contributed by atoms with Gasteiger partial charge in [-0.25, -0.2) is 4.79 Å². The molecule has 0 aromatic heterocycles. The molecule has 0 aliphatic heterocycles. The largest absolute Gasteiger partial charge is 0.475 e. The molecule has 170 valence electrons. The van der Waals surface area contributed by atoms with Crippen molar-refractivity contribution < 1.29 is 24.3 Å². The van der Waals surface area contributed by atoms with Gasteiger partial charge in [-0.15, -0.1) is 0 Å². The van der Waals surface area contributed by atoms with E-state index in [4.69, 9.17) is 5.11 Å². The molecule has 3 aromatic rings. The number of carbonyl (C=O) groups is 4. The molecule has 0 aliphatic rings. The third-order valence-corrected chi connectivity index (χ3v) is 5.46. The van der Waals surface area contributed by atoms with Gasteiger partial charge in [0.25, 0.3) is 5.91 Å². The lowest BCUT2D eigenvalue weighted by Gasteiger charge is -2.24. The molecule has 0 fully saturated rings. The van der Waals surface area contributed by atoms with E-state index in [0.29, 0.717) is 24.3 Å². The lowest BCUT2D eigenvalue weighted by atomic mass is 10.1. The van der Waals surface area contributed by atoms with E-state index in [1.807, 2.05) is 56.3 Å². The fourth-order valence-electron chi connectivity index (χ4n) is 3.65. The number of Topliss-reactive ketones (excluding diaryl/α,β-unsaturated/α-hetero) is 1. The summed E-state index contributed by atoms with van der Waals surface area (Å²) < 4.78 is 0. The highest BCUT2D eigenvalue weighted by atomic mass is 16.4. The maximum Gasteiger partial charge on any atom is 0.372 e. The van der Waals surface area contributed by atoms with Crippen LogP contribution in [0.1, 0.15) is 36.2 Å². The number of carbonyl (C=O) groups excluding carboxylic acids is 3. The zero-order valence-corrected chi connectivity index (χ0v) is 18.7. The zero-order valence-electron chi connectivity index (χ0n) is 18.7. The van der Waals surface area contributed by atoms with E-state index < -0.39 is 24.1 Å². The summed E-state index contributed by atoms with van der Waals surface area (Å²) in [7, 11) is 0. The number of anilines is 1. The van der Waals surface area contributed by atoms with Crippen molar-refractivity contribution in [1.82, 2.24) is 4.90 Å². The molecule has 2 amide bonds. The standard InChI is InChI=1S/C26H26N2O5/c1-3-27(4-2)25(31)21-10-7-11-22(15-21)28(24(30)16-23(29)26(32)33)17-18-12-13-19-8-5-6-9-20(19)14-18/h5-15H,3-4,16-17H2,1-2H3,(H,32,33). The number of carboxylic acid groups (broad SMARTS) is 1. The molecule has 0 spiro atoms. The molecule has 0 atom stereocenters. The molecule has 0 aliphatic carbocycles. The SMILES string of the molecule is CCN(CC)C(=O)c1cccc(N(Cc2ccc3ccccc3c2)C(=O)CC(=O)C(=O)O)c1. The third-order valence-electron chi connectivity index (χ3n) is 5.46. The first-order valence-electron chi connectivity index (χ1n) is 10.8. The quantitative estimate of drug-likeness (QED) is 0.397. The fraction of sp³-hybridized carbons (Fsp3) is 0.231. The van der Waals surface area contributed by atoms with Crippen LogP contribution in [0.5, 0.6) is 0 Å². The van der Waals surface area contributed by atoms with Crippen LogP contribution >= 0.6 is 0 Å². The predicted octanol–water partition coefficient (Wildman–Crippen LogP) is 3.90. The maximum atomic E-state index is 13.0. The van der Waals surface area contributed by atoms with Crippen molar-refractivity contribution in [2.45, 2.75) is 26.8 Å². The molecule has 0 heterocycles. The van der Waals surface area contributed by atoms with Gasteiger partial charge in [0.05, 0.1) is 13.0 Å². The van der Waals surface area contributed by atoms with Crippen LogP contribution in [0.2, 0.25) is 0 Å². The monoisotopic (exact) mass is 446 g/mol. The van der Waals surface area contributed by atoms with E-state index in [1.54, 1.807) is 29.2 Å². The molecule has 7 heteroatoms. The van der Waals surface area contributed by atoms with Gasteiger partial charge >= 0.3 is 5.97 Å². The molecular weight excluding hydrogens is 420 g/mol. The second kappa shape index (κ2) is 10.5. The van der Waals surface area contributed by atoms with Crippen LogP contribution in [-0.2, 0) is 20.9 Å². The second-order valence-electron chi connectivity index (χ2n) is 7.59. The Morgan fingerprint density at radius 2 is 1.52 bits per heavy atom. The Kier molecular flexibility index (Phi) is 7.56. The Labute approximate surface area is 192 Å². The van der Waals surface area contributed by atoms with E-state index in [0.717, 1.165) is 16.3 Å². The molecule has 3 aromatic carbocycles. The van der Waals surface area contributed by atoms with E-state index in [1.165, 1.54) is 4.90 Å². The number of benzene rings is 3. The molecule has 0 saturated heterocycles. The Hall–Kier alpha value is -4.00. The highest BCUT2D eigenvalue weighted by Crippen LogP contribution is 2.23. The number of carboxylic acids is 1. The summed E-state index contributed by atoms with van der Waals surface area (Å²) in [5.74, 6) is -3.65. The Morgan fingerprint density at radius 3 is 2.18 bits per heavy atom. The van der Waals surface area contributed by atoms with Crippen LogP contribution in [0.4, 0.5) is 5.69 Å². The highest BCUT2D eigenvalue weighted by Gasteiger charge is 2.24. The summed E-state index contributed by atoms with van der Waals surface area (Å²) in [6.07, 6.45) is -0.767. The Morgan fingerprint density at radius 1 is 0.818 bits per heavy atom. The number of fused-ring (bicyclic) bond motifs is 1. The number of hydrogen-bond donors (Lipinski definition) is 1. The van der Waals surface area contributed by atoms with Crippen LogP contribution in [0.15, 0.2) is 66.7 Å². The van der Waals surface area contributed by atoms with Gasteiger partial charge < -0.3 is 14.9 Å². The molecule has 0 bridgehead atoms. The summed E-state index contributed by atoms with van der Waals surface area (Å²) in [4.78, 5) is 51.6. The minimum Gasteiger partial charge on any atom is -0.475 e. The van der Waals surface area contributed by atoms with Crippen molar-refractivity contribution in [3.8, 4) is 0 Å². The van der Waals surface area contributed by atoms with Crippen molar-refractivity contribution in [2.75, 3.05) is 18.0 Å². The molecule has 33 heavy (non-hydrogen) atoms. The van der Waals surface area contributed by atoms with Crippen molar-refractivity contribution in [2.24, 2.45) is 0 Å². The smallest absolute Gasteiger partial charge is 0.372 e. The summed E-state index contributed by atoms with van der Waals surface area (Å²) in [5, 5.41) is 11.0. The highest BCUT2D eigenvalue weighted by molar-refractivity contribution is 6.36. The molecule has 0 unspecified atom stereocenters. The summed E-state index contributed by atoms with van der Waals surface area (Å²) >= 11 is 0. The fourth-order valence-corrected chi connectivity index (χ4v) is 3.65. The maximum absolute atomic E-state index is 13.0. The van der Waals surface area contributed by atoms with Crippen molar-refractivity contribution in [1.29, 1.82) is 0 Å². The van der Waals surface area contributed by atoms with Crippen LogP contribution in [0.3, 0.4) is 0 Å². The summed E-state index contributed by atoms with van der Waals surface area (Å²) in [5.41, 5.74) is 1.65. The first-order chi connectivity index (χ1) is 15.8. The predicted molar refractivity (Wildman–Crippen MR) is 126 cm³/mol. The normalized spacial score (nSPS) is 10.6. The van der Waals surface area contributed by atoms with E-state index >= 15 is 0 Å². The number of ketones is 1. The number of amides is 2. The molecular formula is C26H26N2O5. The molecule has 1 N–H and O–H groups in total. The Balaban J connectivity index is 1.98. The lowest BCUT2D eigenvalue weighted by molar-refractivity contribution is -0.150. The first-order valence-corrected chi connectivity index (χ1v) is 10.8. The van der Waals surface area contributed by atoms with Gasteiger partial charge in [-0.3, -0.25) is 14.4 Å². The average Bonchev–Trinajstić information content (AvgIpc) is 2.83. The van der Waals surface area contributed by atoms with Crippen LogP contribution < -0.4 is 4.90 Å². The Bertz CT molecular complexity index is 1200. The summed E-state index contributed by atoms with van der Waals surface area (Å²) in [6, 6.07) is 20.2.